The van der Waals surface area contributed by atoms with Crippen molar-refractivity contribution in [1.29, 1.82) is 0 Å². The van der Waals surface area contributed by atoms with Crippen molar-refractivity contribution in [3.05, 3.63) is 65.9 Å². The number of anilines is 1. The molecule has 5 nitrogen and oxygen atoms in total. The Bertz CT molecular complexity index is 882. The van der Waals surface area contributed by atoms with Gasteiger partial charge in [-0.3, -0.25) is 4.79 Å². The SMILES string of the molecule is Cc1cccc(N[C@H](C)C(=O)N/N=C\c2c[nH]c3ccccc23)c1. The van der Waals surface area contributed by atoms with Gasteiger partial charge in [0.05, 0.1) is 6.21 Å². The van der Waals surface area contributed by atoms with Gasteiger partial charge in [-0.2, -0.15) is 5.10 Å². The number of benzene rings is 2. The van der Waals surface area contributed by atoms with Gasteiger partial charge in [0, 0.05) is 28.4 Å². The van der Waals surface area contributed by atoms with E-state index in [-0.39, 0.29) is 11.9 Å². The van der Waals surface area contributed by atoms with E-state index in [1.807, 2.05) is 61.7 Å². The third-order valence-electron chi connectivity index (χ3n) is 3.79. The van der Waals surface area contributed by atoms with Crippen LogP contribution in [-0.4, -0.2) is 23.1 Å². The molecule has 0 unspecified atom stereocenters. The van der Waals surface area contributed by atoms with Crippen LogP contribution >= 0.6 is 0 Å². The van der Waals surface area contributed by atoms with Gasteiger partial charge in [0.15, 0.2) is 0 Å². The Balaban J connectivity index is 1.60. The zero-order valence-corrected chi connectivity index (χ0v) is 13.7. The highest BCUT2D eigenvalue weighted by Crippen LogP contribution is 2.15. The first-order chi connectivity index (χ1) is 11.6. The largest absolute Gasteiger partial charge is 0.374 e. The van der Waals surface area contributed by atoms with E-state index >= 15 is 0 Å². The molecule has 1 heterocycles. The molecule has 3 rings (SSSR count). The predicted molar refractivity (Wildman–Crippen MR) is 98.3 cm³/mol. The fourth-order valence-electron chi connectivity index (χ4n) is 2.51. The summed E-state index contributed by atoms with van der Waals surface area (Å²) in [7, 11) is 0. The van der Waals surface area contributed by atoms with Gasteiger partial charge in [-0.05, 0) is 37.6 Å². The van der Waals surface area contributed by atoms with Crippen LogP contribution in [0.15, 0.2) is 59.8 Å². The number of rotatable bonds is 5. The minimum atomic E-state index is -0.382. The number of carbonyl (C=O) groups excluding carboxylic acids is 1. The Labute approximate surface area is 140 Å². The lowest BCUT2D eigenvalue weighted by Gasteiger charge is -2.13. The van der Waals surface area contributed by atoms with Crippen molar-refractivity contribution in [1.82, 2.24) is 10.4 Å². The quantitative estimate of drug-likeness (QED) is 0.498. The molecule has 0 aliphatic carbocycles. The zero-order chi connectivity index (χ0) is 16.9. The van der Waals surface area contributed by atoms with Crippen molar-refractivity contribution < 1.29 is 4.79 Å². The van der Waals surface area contributed by atoms with E-state index in [1.165, 1.54) is 0 Å². The van der Waals surface area contributed by atoms with E-state index < -0.39 is 0 Å². The molecule has 0 spiro atoms. The third kappa shape index (κ3) is 3.63. The average Bonchev–Trinajstić information content (AvgIpc) is 2.98. The molecule has 0 aliphatic heterocycles. The van der Waals surface area contributed by atoms with E-state index in [2.05, 4.69) is 20.8 Å². The highest BCUT2D eigenvalue weighted by molar-refractivity contribution is 5.99. The number of nitrogens with zero attached hydrogens (tertiary/aromatic N) is 1. The van der Waals surface area contributed by atoms with Crippen molar-refractivity contribution in [3.63, 3.8) is 0 Å². The summed E-state index contributed by atoms with van der Waals surface area (Å²) in [5.74, 6) is -0.187. The molecule has 0 aliphatic rings. The Kier molecular flexibility index (Phi) is 4.61. The first-order valence-electron chi connectivity index (χ1n) is 7.86. The lowest BCUT2D eigenvalue weighted by atomic mass is 10.2. The van der Waals surface area contributed by atoms with Gasteiger partial charge in [-0.15, -0.1) is 0 Å². The lowest BCUT2D eigenvalue weighted by Crippen LogP contribution is -2.34. The number of para-hydroxylation sites is 1. The van der Waals surface area contributed by atoms with Gasteiger partial charge in [0.25, 0.3) is 5.91 Å². The third-order valence-corrected chi connectivity index (χ3v) is 3.79. The molecule has 0 bridgehead atoms. The molecule has 122 valence electrons. The molecule has 3 N–H and O–H groups in total. The summed E-state index contributed by atoms with van der Waals surface area (Å²) in [6, 6.07) is 15.5. The molecule has 0 saturated carbocycles. The molecular weight excluding hydrogens is 300 g/mol. The van der Waals surface area contributed by atoms with Crippen LogP contribution in [-0.2, 0) is 4.79 Å². The summed E-state index contributed by atoms with van der Waals surface area (Å²) >= 11 is 0. The molecular formula is C19H20N4O. The number of aryl methyl sites for hydroxylation is 1. The number of hydrogen-bond acceptors (Lipinski definition) is 3. The number of hydrazone groups is 1. The summed E-state index contributed by atoms with van der Waals surface area (Å²) in [4.78, 5) is 15.3. The molecule has 1 amide bonds. The van der Waals surface area contributed by atoms with E-state index in [0.717, 1.165) is 27.7 Å². The van der Waals surface area contributed by atoms with E-state index in [4.69, 9.17) is 0 Å². The molecule has 0 fully saturated rings. The van der Waals surface area contributed by atoms with Crippen molar-refractivity contribution in [2.75, 3.05) is 5.32 Å². The second-order valence-electron chi connectivity index (χ2n) is 5.76. The maximum atomic E-state index is 12.1. The summed E-state index contributed by atoms with van der Waals surface area (Å²) in [6.07, 6.45) is 3.52. The monoisotopic (exact) mass is 320 g/mol. The van der Waals surface area contributed by atoms with Gasteiger partial charge in [0.2, 0.25) is 0 Å². The first kappa shape index (κ1) is 15.8. The maximum Gasteiger partial charge on any atom is 0.262 e. The summed E-state index contributed by atoms with van der Waals surface area (Å²) in [5.41, 5.74) is 6.61. The van der Waals surface area contributed by atoms with Gasteiger partial charge in [0.1, 0.15) is 6.04 Å². The Morgan fingerprint density at radius 1 is 1.21 bits per heavy atom. The lowest BCUT2D eigenvalue weighted by molar-refractivity contribution is -0.121. The maximum absolute atomic E-state index is 12.1. The Morgan fingerprint density at radius 2 is 2.04 bits per heavy atom. The highest BCUT2D eigenvalue weighted by Gasteiger charge is 2.11. The minimum absolute atomic E-state index is 0.187. The van der Waals surface area contributed by atoms with Crippen molar-refractivity contribution in [2.45, 2.75) is 19.9 Å². The fraction of sp³-hybridized carbons (Fsp3) is 0.158. The van der Waals surface area contributed by atoms with Crippen molar-refractivity contribution in [3.8, 4) is 0 Å². The van der Waals surface area contributed by atoms with Gasteiger partial charge >= 0.3 is 0 Å². The number of fused-ring (bicyclic) bond motifs is 1. The number of amides is 1. The molecule has 0 radical (unpaired) electrons. The summed E-state index contributed by atoms with van der Waals surface area (Å²) < 4.78 is 0. The summed E-state index contributed by atoms with van der Waals surface area (Å²) in [5, 5.41) is 8.29. The Morgan fingerprint density at radius 3 is 2.88 bits per heavy atom. The normalized spacial score (nSPS) is 12.4. The average molecular weight is 320 g/mol. The van der Waals surface area contributed by atoms with Crippen LogP contribution in [0.4, 0.5) is 5.69 Å². The van der Waals surface area contributed by atoms with Crippen LogP contribution in [0.25, 0.3) is 10.9 Å². The van der Waals surface area contributed by atoms with Crippen LogP contribution in [0.5, 0.6) is 0 Å². The molecule has 24 heavy (non-hydrogen) atoms. The van der Waals surface area contributed by atoms with Gasteiger partial charge in [-0.1, -0.05) is 30.3 Å². The van der Waals surface area contributed by atoms with E-state index in [9.17, 15) is 4.79 Å². The van der Waals surface area contributed by atoms with Crippen LogP contribution in [0.1, 0.15) is 18.1 Å². The molecule has 1 atom stereocenters. The zero-order valence-electron chi connectivity index (χ0n) is 13.7. The fourth-order valence-corrected chi connectivity index (χ4v) is 2.51. The van der Waals surface area contributed by atoms with Gasteiger partial charge in [-0.25, -0.2) is 5.43 Å². The topological polar surface area (TPSA) is 69.3 Å². The van der Waals surface area contributed by atoms with Crippen LogP contribution in [0.2, 0.25) is 0 Å². The van der Waals surface area contributed by atoms with Crippen LogP contribution in [0.3, 0.4) is 0 Å². The smallest absolute Gasteiger partial charge is 0.262 e. The van der Waals surface area contributed by atoms with Gasteiger partial charge < -0.3 is 10.3 Å². The predicted octanol–water partition coefficient (Wildman–Crippen LogP) is 3.43. The molecule has 1 aromatic heterocycles. The minimum Gasteiger partial charge on any atom is -0.374 e. The van der Waals surface area contributed by atoms with Crippen LogP contribution in [0, 0.1) is 6.92 Å². The number of nitrogens with one attached hydrogen (secondary N) is 3. The number of carbonyl (C=O) groups is 1. The number of H-pyrrole nitrogens is 1. The molecule has 0 saturated heterocycles. The van der Waals surface area contributed by atoms with E-state index in [1.54, 1.807) is 13.1 Å². The molecule has 5 heteroatoms. The van der Waals surface area contributed by atoms with E-state index in [0.29, 0.717) is 0 Å². The number of hydrogen-bond donors (Lipinski definition) is 3. The second kappa shape index (κ2) is 7.00. The van der Waals surface area contributed by atoms with Crippen molar-refractivity contribution >= 4 is 28.7 Å². The standard InChI is InChI=1S/C19H20N4O/c1-13-6-5-7-16(10-13)22-14(2)19(24)23-21-12-15-11-20-18-9-4-3-8-17(15)18/h3-12,14,20,22H,1-2H3,(H,23,24)/b21-12-/t14-/m1/s1. The second-order valence-corrected chi connectivity index (χ2v) is 5.76. The molecule has 2 aromatic carbocycles. The first-order valence-corrected chi connectivity index (χ1v) is 7.86. The Hall–Kier alpha value is -3.08. The highest BCUT2D eigenvalue weighted by atomic mass is 16.2. The van der Waals surface area contributed by atoms with Crippen LogP contribution < -0.4 is 10.7 Å². The van der Waals surface area contributed by atoms with Crippen molar-refractivity contribution in [2.24, 2.45) is 5.10 Å². The number of aromatic nitrogens is 1. The summed E-state index contributed by atoms with van der Waals surface area (Å²) in [6.45, 7) is 3.82. The molecule has 3 aromatic rings. The number of aromatic amines is 1.